The maximum atomic E-state index is 4.62. The third-order valence-corrected chi connectivity index (χ3v) is 3.91. The van der Waals surface area contributed by atoms with Crippen molar-refractivity contribution in [3.8, 4) is 0 Å². The lowest BCUT2D eigenvalue weighted by molar-refractivity contribution is 0.544. The number of nitrogens with one attached hydrogen (secondary N) is 1. The van der Waals surface area contributed by atoms with Crippen LogP contribution in [-0.4, -0.2) is 16.5 Å². The van der Waals surface area contributed by atoms with Crippen LogP contribution in [0.2, 0.25) is 0 Å². The Morgan fingerprint density at radius 3 is 2.70 bits per heavy atom. The quantitative estimate of drug-likeness (QED) is 0.631. The van der Waals surface area contributed by atoms with Gasteiger partial charge in [0, 0.05) is 18.0 Å². The molecule has 0 amide bonds. The number of rotatable bonds is 4. The Morgan fingerprint density at radius 1 is 1.25 bits per heavy atom. The zero-order chi connectivity index (χ0) is 14.6. The number of nitrogens with zero attached hydrogens (tertiary/aromatic N) is 2. The zero-order valence-corrected chi connectivity index (χ0v) is 14.3. The van der Waals surface area contributed by atoms with Crippen LogP contribution in [0.4, 0.5) is 5.82 Å². The molecule has 3 nitrogen and oxygen atoms in total. The van der Waals surface area contributed by atoms with Crippen LogP contribution in [-0.2, 0) is 5.41 Å². The van der Waals surface area contributed by atoms with E-state index in [1.54, 1.807) is 5.57 Å². The van der Waals surface area contributed by atoms with E-state index in [0.717, 1.165) is 29.2 Å². The molecule has 2 rings (SSSR count). The van der Waals surface area contributed by atoms with Gasteiger partial charge in [0.15, 0.2) is 0 Å². The van der Waals surface area contributed by atoms with Crippen LogP contribution >= 0.6 is 15.9 Å². The molecule has 0 aliphatic heterocycles. The van der Waals surface area contributed by atoms with Crippen molar-refractivity contribution in [3.63, 3.8) is 0 Å². The molecule has 1 N–H and O–H groups in total. The Labute approximate surface area is 130 Å². The molecule has 1 heterocycles. The van der Waals surface area contributed by atoms with Gasteiger partial charge in [-0.05, 0) is 48.0 Å². The molecule has 0 spiro atoms. The van der Waals surface area contributed by atoms with Gasteiger partial charge in [0.1, 0.15) is 16.2 Å². The summed E-state index contributed by atoms with van der Waals surface area (Å²) in [5.41, 5.74) is 1.56. The fraction of sp³-hybridized carbons (Fsp3) is 0.625. The number of anilines is 1. The van der Waals surface area contributed by atoms with Crippen molar-refractivity contribution in [3.05, 3.63) is 28.1 Å². The molecule has 1 aromatic heterocycles. The Hall–Kier alpha value is -0.900. The number of allylic oxidation sites excluding steroid dienone is 1. The van der Waals surface area contributed by atoms with E-state index in [-0.39, 0.29) is 5.41 Å². The molecule has 0 atom stereocenters. The second kappa shape index (κ2) is 6.70. The van der Waals surface area contributed by atoms with Gasteiger partial charge in [-0.25, -0.2) is 9.97 Å². The second-order valence-corrected chi connectivity index (χ2v) is 7.25. The summed E-state index contributed by atoms with van der Waals surface area (Å²) in [6.07, 6.45) is 8.74. The molecular formula is C16H24BrN3. The van der Waals surface area contributed by atoms with Gasteiger partial charge in [0.2, 0.25) is 0 Å². The van der Waals surface area contributed by atoms with Gasteiger partial charge in [-0.1, -0.05) is 32.4 Å². The summed E-state index contributed by atoms with van der Waals surface area (Å²) in [6.45, 7) is 7.33. The normalized spacial score (nSPS) is 15.9. The second-order valence-electron chi connectivity index (χ2n) is 6.43. The average molecular weight is 338 g/mol. The minimum atomic E-state index is -0.0356. The molecule has 1 aliphatic carbocycles. The third-order valence-electron chi connectivity index (χ3n) is 3.50. The van der Waals surface area contributed by atoms with E-state index in [9.17, 15) is 0 Å². The molecule has 0 aromatic carbocycles. The highest BCUT2D eigenvalue weighted by molar-refractivity contribution is 9.10. The summed E-state index contributed by atoms with van der Waals surface area (Å²) in [4.78, 5) is 9.07. The number of halogens is 1. The SMILES string of the molecule is CC(C)(C)c1nc(Br)cc(NCCC2=CCCCC2)n1. The highest BCUT2D eigenvalue weighted by atomic mass is 79.9. The van der Waals surface area contributed by atoms with Crippen molar-refractivity contribution >= 4 is 21.7 Å². The van der Waals surface area contributed by atoms with E-state index >= 15 is 0 Å². The fourth-order valence-electron chi connectivity index (χ4n) is 2.33. The summed E-state index contributed by atoms with van der Waals surface area (Å²) < 4.78 is 0.844. The first-order valence-electron chi connectivity index (χ1n) is 7.42. The monoisotopic (exact) mass is 337 g/mol. The topological polar surface area (TPSA) is 37.8 Å². The predicted molar refractivity (Wildman–Crippen MR) is 88.1 cm³/mol. The van der Waals surface area contributed by atoms with Gasteiger partial charge < -0.3 is 5.32 Å². The first kappa shape index (κ1) is 15.5. The van der Waals surface area contributed by atoms with Gasteiger partial charge in [-0.3, -0.25) is 0 Å². The Kier molecular flexibility index (Phi) is 5.19. The molecule has 110 valence electrons. The fourth-order valence-corrected chi connectivity index (χ4v) is 2.71. The maximum Gasteiger partial charge on any atom is 0.137 e. The highest BCUT2D eigenvalue weighted by Crippen LogP contribution is 2.23. The molecule has 0 saturated heterocycles. The maximum absolute atomic E-state index is 4.62. The van der Waals surface area contributed by atoms with E-state index in [2.05, 4.69) is 58.1 Å². The lowest BCUT2D eigenvalue weighted by Crippen LogP contribution is -2.17. The molecule has 1 aliphatic rings. The summed E-state index contributed by atoms with van der Waals surface area (Å²) in [6, 6.07) is 1.95. The molecule has 20 heavy (non-hydrogen) atoms. The smallest absolute Gasteiger partial charge is 0.137 e. The highest BCUT2D eigenvalue weighted by Gasteiger charge is 2.18. The van der Waals surface area contributed by atoms with Crippen LogP contribution in [0.25, 0.3) is 0 Å². The van der Waals surface area contributed by atoms with E-state index in [0.29, 0.717) is 0 Å². The van der Waals surface area contributed by atoms with Crippen LogP contribution in [0, 0.1) is 0 Å². The van der Waals surface area contributed by atoms with Crippen LogP contribution < -0.4 is 5.32 Å². The Morgan fingerprint density at radius 2 is 2.05 bits per heavy atom. The van der Waals surface area contributed by atoms with Crippen LogP contribution in [0.1, 0.15) is 58.7 Å². The van der Waals surface area contributed by atoms with E-state index in [4.69, 9.17) is 0 Å². The van der Waals surface area contributed by atoms with Gasteiger partial charge in [0.05, 0.1) is 0 Å². The third kappa shape index (κ3) is 4.58. The minimum absolute atomic E-state index is 0.0356. The van der Waals surface area contributed by atoms with E-state index < -0.39 is 0 Å². The largest absolute Gasteiger partial charge is 0.370 e. The van der Waals surface area contributed by atoms with Gasteiger partial charge in [-0.2, -0.15) is 0 Å². The summed E-state index contributed by atoms with van der Waals surface area (Å²) in [5.74, 6) is 1.78. The van der Waals surface area contributed by atoms with Crippen molar-refractivity contribution in [1.29, 1.82) is 0 Å². The summed E-state index contributed by atoms with van der Waals surface area (Å²) in [5, 5.41) is 3.42. The molecule has 0 bridgehead atoms. The van der Waals surface area contributed by atoms with Crippen LogP contribution in [0.5, 0.6) is 0 Å². The molecule has 1 aromatic rings. The van der Waals surface area contributed by atoms with E-state index in [1.807, 2.05) is 6.07 Å². The standard InChI is InChI=1S/C16H24BrN3/c1-16(2,3)15-19-13(17)11-14(20-15)18-10-9-12-7-5-4-6-8-12/h7,11H,4-6,8-10H2,1-3H3,(H,18,19,20). The van der Waals surface area contributed by atoms with Crippen LogP contribution in [0.3, 0.4) is 0 Å². The number of aromatic nitrogens is 2. The van der Waals surface area contributed by atoms with Gasteiger partial charge in [0.25, 0.3) is 0 Å². The van der Waals surface area contributed by atoms with Crippen molar-refractivity contribution in [2.24, 2.45) is 0 Å². The first-order chi connectivity index (χ1) is 9.45. The van der Waals surface area contributed by atoms with Gasteiger partial charge in [-0.15, -0.1) is 0 Å². The molecule has 0 unspecified atom stereocenters. The molecule has 0 saturated carbocycles. The minimum Gasteiger partial charge on any atom is -0.370 e. The van der Waals surface area contributed by atoms with Crippen molar-refractivity contribution in [2.75, 3.05) is 11.9 Å². The number of hydrogen-bond donors (Lipinski definition) is 1. The molecule has 0 fully saturated rings. The molecular weight excluding hydrogens is 314 g/mol. The van der Waals surface area contributed by atoms with Crippen LogP contribution in [0.15, 0.2) is 22.3 Å². The molecule has 0 radical (unpaired) electrons. The lowest BCUT2D eigenvalue weighted by atomic mass is 9.96. The average Bonchev–Trinajstić information content (AvgIpc) is 2.38. The zero-order valence-electron chi connectivity index (χ0n) is 12.7. The van der Waals surface area contributed by atoms with Crippen molar-refractivity contribution in [2.45, 2.75) is 58.3 Å². The number of hydrogen-bond acceptors (Lipinski definition) is 3. The Balaban J connectivity index is 1.95. The first-order valence-corrected chi connectivity index (χ1v) is 8.21. The lowest BCUT2D eigenvalue weighted by Gasteiger charge is -2.18. The van der Waals surface area contributed by atoms with E-state index in [1.165, 1.54) is 25.7 Å². The Bertz CT molecular complexity index is 489. The summed E-state index contributed by atoms with van der Waals surface area (Å²) >= 11 is 3.47. The van der Waals surface area contributed by atoms with Crippen molar-refractivity contribution in [1.82, 2.24) is 9.97 Å². The van der Waals surface area contributed by atoms with Gasteiger partial charge >= 0.3 is 0 Å². The molecule has 4 heteroatoms. The predicted octanol–water partition coefficient (Wildman–Crippen LogP) is 4.84. The van der Waals surface area contributed by atoms with Crippen molar-refractivity contribution < 1.29 is 0 Å². The summed E-state index contributed by atoms with van der Waals surface area (Å²) in [7, 11) is 0.